The van der Waals surface area contributed by atoms with E-state index in [-0.39, 0.29) is 5.91 Å². The van der Waals surface area contributed by atoms with Crippen molar-refractivity contribution in [1.29, 1.82) is 0 Å². The molecule has 4 heterocycles. The van der Waals surface area contributed by atoms with Gasteiger partial charge in [0.2, 0.25) is 5.91 Å². The molecule has 0 aromatic carbocycles. The van der Waals surface area contributed by atoms with Gasteiger partial charge in [-0.25, -0.2) is 9.97 Å². The average molecular weight is 347 g/mol. The van der Waals surface area contributed by atoms with Crippen molar-refractivity contribution in [3.63, 3.8) is 0 Å². The van der Waals surface area contributed by atoms with E-state index in [1.165, 1.54) is 0 Å². The summed E-state index contributed by atoms with van der Waals surface area (Å²) >= 11 is 0. The number of amides is 1. The number of nitrogens with one attached hydrogen (secondary N) is 1. The lowest BCUT2D eigenvalue weighted by molar-refractivity contribution is -0.131. The van der Waals surface area contributed by atoms with Gasteiger partial charge in [0, 0.05) is 67.0 Å². The Morgan fingerprint density at radius 3 is 2.77 bits per heavy atom. The highest BCUT2D eigenvalue weighted by molar-refractivity contribution is 5.76. The highest BCUT2D eigenvalue weighted by Gasteiger charge is 2.22. The Morgan fingerprint density at radius 2 is 1.96 bits per heavy atom. The van der Waals surface area contributed by atoms with E-state index in [1.807, 2.05) is 35.4 Å². The minimum absolute atomic E-state index is 0.200. The molecular weight excluding hydrogens is 326 g/mol. The predicted molar refractivity (Wildman–Crippen MR) is 98.4 cm³/mol. The number of pyridine rings is 1. The minimum Gasteiger partial charge on any atom is -0.365 e. The molecule has 0 saturated heterocycles. The van der Waals surface area contributed by atoms with Crippen LogP contribution in [0.15, 0.2) is 49.2 Å². The van der Waals surface area contributed by atoms with Crippen molar-refractivity contribution in [1.82, 2.24) is 24.8 Å². The molecule has 0 spiro atoms. The molecule has 1 amide bonds. The molecule has 1 aliphatic rings. The molecule has 0 radical (unpaired) electrons. The fourth-order valence-corrected chi connectivity index (χ4v) is 3.46. The molecule has 3 aromatic heterocycles. The first-order valence-corrected chi connectivity index (χ1v) is 8.94. The highest BCUT2D eigenvalue weighted by atomic mass is 16.2. The third kappa shape index (κ3) is 3.49. The van der Waals surface area contributed by atoms with E-state index in [0.29, 0.717) is 19.5 Å². The van der Waals surface area contributed by atoms with Crippen molar-refractivity contribution in [3.8, 4) is 11.3 Å². The number of rotatable bonds is 4. The molecule has 0 unspecified atom stereocenters. The molecule has 0 bridgehead atoms. The van der Waals surface area contributed by atoms with Gasteiger partial charge in [0.25, 0.3) is 0 Å². The van der Waals surface area contributed by atoms with Crippen molar-refractivity contribution in [3.05, 3.63) is 66.1 Å². The van der Waals surface area contributed by atoms with E-state index in [2.05, 4.69) is 19.9 Å². The zero-order valence-electron chi connectivity index (χ0n) is 14.6. The van der Waals surface area contributed by atoms with E-state index in [9.17, 15) is 4.79 Å². The summed E-state index contributed by atoms with van der Waals surface area (Å²) in [4.78, 5) is 30.8. The molecule has 4 rings (SSSR count). The van der Waals surface area contributed by atoms with Gasteiger partial charge in [0.05, 0.1) is 5.69 Å². The quantitative estimate of drug-likeness (QED) is 0.786. The first-order valence-electron chi connectivity index (χ1n) is 8.94. The Morgan fingerprint density at radius 1 is 1.12 bits per heavy atom. The molecule has 6 nitrogen and oxygen atoms in total. The first kappa shape index (κ1) is 16.4. The maximum Gasteiger partial charge on any atom is 0.222 e. The van der Waals surface area contributed by atoms with Crippen molar-refractivity contribution in [2.45, 2.75) is 25.7 Å². The van der Waals surface area contributed by atoms with Crippen molar-refractivity contribution in [2.75, 3.05) is 13.1 Å². The molecule has 1 N–H and O–H groups in total. The maximum atomic E-state index is 12.6. The molecular formula is C20H21N5O. The number of carbonyl (C=O) groups is 1. The number of aromatic amines is 1. The summed E-state index contributed by atoms with van der Waals surface area (Å²) in [6.45, 7) is 1.42. The number of fused-ring (bicyclic) bond motifs is 1. The summed E-state index contributed by atoms with van der Waals surface area (Å²) in [6.07, 6.45) is 9.89. The van der Waals surface area contributed by atoms with Crippen molar-refractivity contribution in [2.24, 2.45) is 0 Å². The molecule has 1 aliphatic heterocycles. The number of aryl methyl sites for hydroxylation is 1. The van der Waals surface area contributed by atoms with Gasteiger partial charge < -0.3 is 9.88 Å². The van der Waals surface area contributed by atoms with Crippen LogP contribution in [0.5, 0.6) is 0 Å². The minimum atomic E-state index is 0.200. The van der Waals surface area contributed by atoms with Crippen LogP contribution in [0.2, 0.25) is 0 Å². The number of hydrogen-bond acceptors (Lipinski definition) is 4. The van der Waals surface area contributed by atoms with Gasteiger partial charge in [-0.05, 0) is 37.1 Å². The molecule has 0 aliphatic carbocycles. The Hall–Kier alpha value is -3.02. The number of H-pyrrole nitrogens is 1. The van der Waals surface area contributed by atoms with Gasteiger partial charge in [-0.3, -0.25) is 9.78 Å². The molecule has 0 saturated carbocycles. The molecule has 0 fully saturated rings. The highest BCUT2D eigenvalue weighted by Crippen LogP contribution is 2.25. The molecule has 132 valence electrons. The van der Waals surface area contributed by atoms with Crippen LogP contribution in [0.1, 0.15) is 23.4 Å². The predicted octanol–water partition coefficient (Wildman–Crippen LogP) is 2.43. The van der Waals surface area contributed by atoms with Crippen LogP contribution in [0.4, 0.5) is 0 Å². The van der Waals surface area contributed by atoms with E-state index >= 15 is 0 Å². The van der Waals surface area contributed by atoms with Crippen LogP contribution in [-0.4, -0.2) is 43.8 Å². The third-order valence-electron chi connectivity index (χ3n) is 4.86. The van der Waals surface area contributed by atoms with Crippen LogP contribution >= 0.6 is 0 Å². The third-order valence-corrected chi connectivity index (χ3v) is 4.86. The van der Waals surface area contributed by atoms with Gasteiger partial charge in [0.15, 0.2) is 0 Å². The van der Waals surface area contributed by atoms with E-state index < -0.39 is 0 Å². The average Bonchev–Trinajstić information content (AvgIpc) is 3.11. The monoisotopic (exact) mass is 347 g/mol. The topological polar surface area (TPSA) is 74.8 Å². The fourth-order valence-electron chi connectivity index (χ4n) is 3.46. The summed E-state index contributed by atoms with van der Waals surface area (Å²) in [7, 11) is 0. The van der Waals surface area contributed by atoms with Crippen molar-refractivity contribution < 1.29 is 4.79 Å². The van der Waals surface area contributed by atoms with Gasteiger partial charge in [-0.2, -0.15) is 0 Å². The van der Waals surface area contributed by atoms with Crippen LogP contribution in [0, 0.1) is 0 Å². The van der Waals surface area contributed by atoms with Crippen LogP contribution < -0.4 is 0 Å². The van der Waals surface area contributed by atoms with Gasteiger partial charge >= 0.3 is 0 Å². The smallest absolute Gasteiger partial charge is 0.222 e. The standard InChI is InChI=1S/C20H21N5O/c26-19(4-3-16-2-1-9-22-16)25-12-7-17-18(8-13-25)23-14-24-20(17)15-5-10-21-11-6-15/h1-2,5-6,9-11,14,22H,3-4,7-8,12-13H2. The van der Waals surface area contributed by atoms with Gasteiger partial charge in [-0.15, -0.1) is 0 Å². The van der Waals surface area contributed by atoms with E-state index in [1.54, 1.807) is 18.7 Å². The number of hydrogen-bond donors (Lipinski definition) is 1. The SMILES string of the molecule is O=C(CCc1ccc[nH]1)N1CCc2ncnc(-c3ccncc3)c2CC1. The van der Waals surface area contributed by atoms with Crippen LogP contribution in [-0.2, 0) is 24.1 Å². The summed E-state index contributed by atoms with van der Waals surface area (Å²) in [5, 5.41) is 0. The fraction of sp³-hybridized carbons (Fsp3) is 0.300. The zero-order chi connectivity index (χ0) is 17.8. The van der Waals surface area contributed by atoms with Gasteiger partial charge in [0.1, 0.15) is 6.33 Å². The first-order chi connectivity index (χ1) is 12.8. The number of aromatic nitrogens is 4. The Balaban J connectivity index is 1.48. The zero-order valence-corrected chi connectivity index (χ0v) is 14.6. The summed E-state index contributed by atoms with van der Waals surface area (Å²) < 4.78 is 0. The summed E-state index contributed by atoms with van der Waals surface area (Å²) in [5.41, 5.74) is 5.30. The summed E-state index contributed by atoms with van der Waals surface area (Å²) in [6, 6.07) is 7.91. The summed E-state index contributed by atoms with van der Waals surface area (Å²) in [5.74, 6) is 0.200. The van der Waals surface area contributed by atoms with Gasteiger partial charge in [-0.1, -0.05) is 0 Å². The Labute approximate surface area is 152 Å². The Kier molecular flexibility index (Phi) is 4.73. The second kappa shape index (κ2) is 7.47. The largest absolute Gasteiger partial charge is 0.365 e. The van der Waals surface area contributed by atoms with Crippen LogP contribution in [0.3, 0.4) is 0 Å². The van der Waals surface area contributed by atoms with Crippen molar-refractivity contribution >= 4 is 5.91 Å². The Bertz CT molecular complexity index is 876. The lowest BCUT2D eigenvalue weighted by Gasteiger charge is -2.20. The second-order valence-electron chi connectivity index (χ2n) is 6.46. The molecule has 0 atom stereocenters. The maximum absolute atomic E-state index is 12.6. The molecule has 6 heteroatoms. The lowest BCUT2D eigenvalue weighted by atomic mass is 10.0. The molecule has 26 heavy (non-hydrogen) atoms. The number of nitrogens with zero attached hydrogens (tertiary/aromatic N) is 4. The number of carbonyl (C=O) groups excluding carboxylic acids is 1. The second-order valence-corrected chi connectivity index (χ2v) is 6.46. The van der Waals surface area contributed by atoms with E-state index in [0.717, 1.165) is 47.5 Å². The normalized spacial score (nSPS) is 13.9. The van der Waals surface area contributed by atoms with Crippen LogP contribution in [0.25, 0.3) is 11.3 Å². The molecule has 3 aromatic rings. The lowest BCUT2D eigenvalue weighted by Crippen LogP contribution is -2.33. The van der Waals surface area contributed by atoms with E-state index in [4.69, 9.17) is 0 Å².